The highest BCUT2D eigenvalue weighted by atomic mass is 79.9. The van der Waals surface area contributed by atoms with E-state index in [0.717, 1.165) is 6.21 Å². The van der Waals surface area contributed by atoms with E-state index in [9.17, 15) is 0 Å². The minimum absolute atomic E-state index is 0.434. The monoisotopic (exact) mass is 216 g/mol. The molecule has 0 aliphatic heterocycles. The number of hydrogen-bond donors (Lipinski definition) is 3. The first-order valence-electron chi connectivity index (χ1n) is 2.69. The lowest BCUT2D eigenvalue weighted by atomic mass is 10.6. The van der Waals surface area contributed by atoms with E-state index in [0.29, 0.717) is 10.4 Å². The molecule has 1 aromatic rings. The van der Waals surface area contributed by atoms with E-state index in [1.165, 1.54) is 0 Å². The second kappa shape index (κ2) is 3.81. The number of nitrogens with zero attached hydrogens (tertiary/aromatic N) is 3. The molecule has 6 nitrogen and oxygen atoms in total. The first-order chi connectivity index (χ1) is 5.33. The van der Waals surface area contributed by atoms with Crippen molar-refractivity contribution in [2.75, 3.05) is 5.32 Å². The minimum atomic E-state index is 0.434. The fourth-order valence-electron chi connectivity index (χ4n) is 0.399. The molecule has 0 saturated carbocycles. The molecule has 0 fully saturated rings. The molecule has 3 N–H and O–H groups in total. The topological polar surface area (TPSA) is 90.3 Å². The Kier molecular flexibility index (Phi) is 2.73. The number of hydrogen-bond acceptors (Lipinski definition) is 5. The molecular weight excluding hydrogens is 212 g/mol. The standard InChI is InChI=1S/C4H5BrN6/c5-3(1-6)2-7-4-8-10-11-9-4/h1-2,6H,(H2,7,8,9,10,11)/b3-2+,6-1?. The number of tetrazole rings is 1. The SMILES string of the molecule is N=C/C(Br)=C\Nc1nnn[nH]1. The van der Waals surface area contributed by atoms with Gasteiger partial charge in [-0.3, -0.25) is 0 Å². The Balaban J connectivity index is 2.51. The summed E-state index contributed by atoms with van der Waals surface area (Å²) in [5, 5.41) is 22.2. The van der Waals surface area contributed by atoms with Crippen molar-refractivity contribution in [1.29, 1.82) is 5.41 Å². The van der Waals surface area contributed by atoms with Crippen LogP contribution in [0.2, 0.25) is 0 Å². The Hall–Kier alpha value is -1.24. The van der Waals surface area contributed by atoms with E-state index >= 15 is 0 Å². The van der Waals surface area contributed by atoms with Crippen molar-refractivity contribution >= 4 is 28.1 Å². The molecule has 1 rings (SSSR count). The third kappa shape index (κ3) is 2.46. The van der Waals surface area contributed by atoms with E-state index in [2.05, 4.69) is 41.9 Å². The summed E-state index contributed by atoms with van der Waals surface area (Å²) >= 11 is 3.10. The van der Waals surface area contributed by atoms with Crippen LogP contribution in [0, 0.1) is 5.41 Å². The van der Waals surface area contributed by atoms with Crippen LogP contribution in [0.3, 0.4) is 0 Å². The maximum atomic E-state index is 6.80. The van der Waals surface area contributed by atoms with Crippen LogP contribution in [0.1, 0.15) is 0 Å². The van der Waals surface area contributed by atoms with Crippen molar-refractivity contribution in [3.05, 3.63) is 10.7 Å². The number of halogens is 1. The van der Waals surface area contributed by atoms with Gasteiger partial charge in [0.1, 0.15) is 0 Å². The lowest BCUT2D eigenvalue weighted by Gasteiger charge is -1.90. The number of aromatic nitrogens is 4. The van der Waals surface area contributed by atoms with E-state index in [4.69, 9.17) is 5.41 Å². The molecule has 0 amide bonds. The first kappa shape index (κ1) is 7.86. The van der Waals surface area contributed by atoms with Crippen LogP contribution in [-0.2, 0) is 0 Å². The van der Waals surface area contributed by atoms with E-state index < -0.39 is 0 Å². The zero-order chi connectivity index (χ0) is 8.10. The van der Waals surface area contributed by atoms with Gasteiger partial charge in [0, 0.05) is 12.4 Å². The molecule has 0 saturated heterocycles. The van der Waals surface area contributed by atoms with Gasteiger partial charge in [-0.25, -0.2) is 5.10 Å². The van der Waals surface area contributed by atoms with Crippen LogP contribution in [0.15, 0.2) is 10.7 Å². The summed E-state index contributed by atoms with van der Waals surface area (Å²) in [4.78, 5) is 0. The molecule has 7 heteroatoms. The molecule has 0 atom stereocenters. The summed E-state index contributed by atoms with van der Waals surface area (Å²) in [6.45, 7) is 0. The van der Waals surface area contributed by atoms with Crippen LogP contribution in [-0.4, -0.2) is 26.8 Å². The Morgan fingerprint density at radius 3 is 3.09 bits per heavy atom. The molecule has 1 heterocycles. The van der Waals surface area contributed by atoms with Gasteiger partial charge in [0.15, 0.2) is 0 Å². The minimum Gasteiger partial charge on any atom is -0.329 e. The largest absolute Gasteiger partial charge is 0.329 e. The molecule has 0 aromatic carbocycles. The van der Waals surface area contributed by atoms with Crippen molar-refractivity contribution < 1.29 is 0 Å². The van der Waals surface area contributed by atoms with Gasteiger partial charge in [0.25, 0.3) is 0 Å². The predicted octanol–water partition coefficient (Wildman–Crippen LogP) is 0.497. The van der Waals surface area contributed by atoms with Gasteiger partial charge >= 0.3 is 0 Å². The highest BCUT2D eigenvalue weighted by molar-refractivity contribution is 9.12. The van der Waals surface area contributed by atoms with Gasteiger partial charge in [-0.15, -0.1) is 0 Å². The van der Waals surface area contributed by atoms with E-state index in [1.807, 2.05) is 0 Å². The second-order valence-electron chi connectivity index (χ2n) is 1.57. The average Bonchev–Trinajstić information content (AvgIpc) is 2.52. The summed E-state index contributed by atoms with van der Waals surface area (Å²) < 4.78 is 0.605. The predicted molar refractivity (Wildman–Crippen MR) is 43.6 cm³/mol. The molecular formula is C4H5BrN6. The molecule has 1 aromatic heterocycles. The molecule has 58 valence electrons. The zero-order valence-electron chi connectivity index (χ0n) is 5.37. The average molecular weight is 217 g/mol. The zero-order valence-corrected chi connectivity index (χ0v) is 6.96. The fraction of sp³-hybridized carbons (Fsp3) is 0. The quantitative estimate of drug-likeness (QED) is 0.643. The third-order valence-electron chi connectivity index (χ3n) is 0.830. The summed E-state index contributed by atoms with van der Waals surface area (Å²) in [7, 11) is 0. The molecule has 0 aliphatic rings. The number of anilines is 1. The molecule has 0 unspecified atom stereocenters. The summed E-state index contributed by atoms with van der Waals surface area (Å²) in [6.07, 6.45) is 2.70. The number of rotatable bonds is 3. The lowest BCUT2D eigenvalue weighted by molar-refractivity contribution is 0.881. The van der Waals surface area contributed by atoms with Crippen LogP contribution in [0.5, 0.6) is 0 Å². The van der Waals surface area contributed by atoms with E-state index in [-0.39, 0.29) is 0 Å². The van der Waals surface area contributed by atoms with Gasteiger partial charge in [-0.1, -0.05) is 5.10 Å². The third-order valence-corrected chi connectivity index (χ3v) is 1.29. The Bertz CT molecular complexity index is 252. The highest BCUT2D eigenvalue weighted by Crippen LogP contribution is 2.00. The molecule has 0 radical (unpaired) electrons. The summed E-state index contributed by atoms with van der Waals surface area (Å²) in [5.74, 6) is 0.434. The smallest absolute Gasteiger partial charge is 0.244 e. The lowest BCUT2D eigenvalue weighted by Crippen LogP contribution is -1.91. The number of aromatic amines is 1. The maximum absolute atomic E-state index is 6.80. The van der Waals surface area contributed by atoms with Crippen molar-refractivity contribution in [3.8, 4) is 0 Å². The highest BCUT2D eigenvalue weighted by Gasteiger charge is 1.90. The van der Waals surface area contributed by atoms with Crippen LogP contribution >= 0.6 is 15.9 Å². The number of allylic oxidation sites excluding steroid dienone is 1. The van der Waals surface area contributed by atoms with Gasteiger partial charge in [-0.05, 0) is 26.4 Å². The van der Waals surface area contributed by atoms with Crippen molar-refractivity contribution in [2.45, 2.75) is 0 Å². The van der Waals surface area contributed by atoms with Gasteiger partial charge in [0.05, 0.1) is 4.48 Å². The van der Waals surface area contributed by atoms with Crippen molar-refractivity contribution in [3.63, 3.8) is 0 Å². The summed E-state index contributed by atoms with van der Waals surface area (Å²) in [5.41, 5.74) is 0. The van der Waals surface area contributed by atoms with Crippen molar-refractivity contribution in [1.82, 2.24) is 20.6 Å². The molecule has 11 heavy (non-hydrogen) atoms. The van der Waals surface area contributed by atoms with Gasteiger partial charge in [0.2, 0.25) is 5.95 Å². The normalized spacial score (nSPS) is 11.2. The first-order valence-corrected chi connectivity index (χ1v) is 3.48. The Labute approximate surface area is 70.7 Å². The summed E-state index contributed by atoms with van der Waals surface area (Å²) in [6, 6.07) is 0. The van der Waals surface area contributed by atoms with Crippen LogP contribution < -0.4 is 5.32 Å². The second-order valence-corrected chi connectivity index (χ2v) is 2.48. The van der Waals surface area contributed by atoms with Gasteiger partial charge in [-0.2, -0.15) is 0 Å². The maximum Gasteiger partial charge on any atom is 0.244 e. The molecule has 0 aliphatic carbocycles. The van der Waals surface area contributed by atoms with Crippen LogP contribution in [0.4, 0.5) is 5.95 Å². The van der Waals surface area contributed by atoms with E-state index in [1.54, 1.807) is 6.20 Å². The number of nitrogens with one attached hydrogen (secondary N) is 3. The Morgan fingerprint density at radius 1 is 1.73 bits per heavy atom. The molecule has 0 spiro atoms. The van der Waals surface area contributed by atoms with Crippen molar-refractivity contribution in [2.24, 2.45) is 0 Å². The number of H-pyrrole nitrogens is 1. The van der Waals surface area contributed by atoms with Crippen LogP contribution in [0.25, 0.3) is 0 Å². The van der Waals surface area contributed by atoms with Gasteiger partial charge < -0.3 is 10.7 Å². The Morgan fingerprint density at radius 2 is 2.55 bits per heavy atom. The fourth-order valence-corrected chi connectivity index (χ4v) is 0.514. The molecule has 0 bridgehead atoms.